The van der Waals surface area contributed by atoms with E-state index in [0.717, 1.165) is 10.0 Å². The van der Waals surface area contributed by atoms with Crippen molar-refractivity contribution in [3.8, 4) is 0 Å². The summed E-state index contributed by atoms with van der Waals surface area (Å²) in [6, 6.07) is 10.6. The van der Waals surface area contributed by atoms with Gasteiger partial charge in [0.25, 0.3) is 0 Å². The van der Waals surface area contributed by atoms with Gasteiger partial charge in [-0.05, 0) is 51.3 Å². The van der Waals surface area contributed by atoms with E-state index < -0.39 is 6.10 Å². The average Bonchev–Trinajstić information content (AvgIpc) is 2.80. The Labute approximate surface area is 127 Å². The van der Waals surface area contributed by atoms with Crippen molar-refractivity contribution in [1.82, 2.24) is 9.97 Å². The molecule has 0 aliphatic carbocycles. The molecule has 20 heavy (non-hydrogen) atoms. The van der Waals surface area contributed by atoms with Crippen LogP contribution >= 0.6 is 27.5 Å². The zero-order chi connectivity index (χ0) is 14.3. The number of rotatable bonds is 2. The maximum atomic E-state index is 11.2. The van der Waals surface area contributed by atoms with Gasteiger partial charge in [-0.3, -0.25) is 0 Å². The van der Waals surface area contributed by atoms with Crippen LogP contribution in [0.2, 0.25) is 5.02 Å². The fraction of sp³-hybridized carbons (Fsp3) is 0.0714. The van der Waals surface area contributed by atoms with Crippen LogP contribution in [0.4, 0.5) is 0 Å². The lowest BCUT2D eigenvalue weighted by Gasteiger charge is -2.12. The predicted octanol–water partition coefficient (Wildman–Crippen LogP) is 3.35. The highest BCUT2D eigenvalue weighted by molar-refractivity contribution is 9.10. The largest absolute Gasteiger partial charge is 0.384 e. The number of aliphatic hydroxyl groups is 1. The molecular weight excluding hydrogens is 344 g/mol. The Bertz CT molecular complexity index is 841. The molecule has 0 amide bonds. The van der Waals surface area contributed by atoms with E-state index >= 15 is 0 Å². The van der Waals surface area contributed by atoms with Crippen LogP contribution in [0.5, 0.6) is 0 Å². The topological polar surface area (TPSA) is 68.9 Å². The number of H-pyrrole nitrogens is 2. The molecule has 1 atom stereocenters. The van der Waals surface area contributed by atoms with E-state index in [9.17, 15) is 9.90 Å². The lowest BCUT2D eigenvalue weighted by molar-refractivity contribution is 0.220. The van der Waals surface area contributed by atoms with Gasteiger partial charge in [-0.25, -0.2) is 4.79 Å². The minimum Gasteiger partial charge on any atom is -0.384 e. The zero-order valence-electron chi connectivity index (χ0n) is 10.2. The van der Waals surface area contributed by atoms with Crippen LogP contribution in [-0.4, -0.2) is 15.1 Å². The third-order valence-electron chi connectivity index (χ3n) is 3.12. The summed E-state index contributed by atoms with van der Waals surface area (Å²) in [6.07, 6.45) is -0.786. The second kappa shape index (κ2) is 5.09. The molecule has 0 spiro atoms. The second-order valence-corrected chi connectivity index (χ2v) is 5.72. The third kappa shape index (κ3) is 2.40. The molecule has 0 bridgehead atoms. The van der Waals surface area contributed by atoms with E-state index in [1.807, 2.05) is 0 Å². The van der Waals surface area contributed by atoms with Gasteiger partial charge < -0.3 is 15.1 Å². The quantitative estimate of drug-likeness (QED) is 0.661. The van der Waals surface area contributed by atoms with Crippen LogP contribution < -0.4 is 5.69 Å². The standard InChI is InChI=1S/C14H10BrClN2O2/c15-9-5-7(1-3-10(9)16)13(19)8-2-4-11-12(6-8)18-14(20)17-11/h1-6,13,19H,(H2,17,18,20). The third-order valence-corrected chi connectivity index (χ3v) is 4.33. The highest BCUT2D eigenvalue weighted by Gasteiger charge is 2.13. The summed E-state index contributed by atoms with van der Waals surface area (Å²) in [4.78, 5) is 16.6. The number of halogens is 2. The van der Waals surface area contributed by atoms with Gasteiger partial charge in [-0.15, -0.1) is 0 Å². The Kier molecular flexibility index (Phi) is 3.41. The van der Waals surface area contributed by atoms with E-state index in [2.05, 4.69) is 25.9 Å². The van der Waals surface area contributed by atoms with Crippen LogP contribution in [-0.2, 0) is 0 Å². The molecular formula is C14H10BrClN2O2. The summed E-state index contributed by atoms with van der Waals surface area (Å²) < 4.78 is 0.729. The fourth-order valence-electron chi connectivity index (χ4n) is 2.10. The van der Waals surface area contributed by atoms with E-state index in [1.165, 1.54) is 0 Å². The molecule has 3 rings (SSSR count). The van der Waals surface area contributed by atoms with E-state index in [4.69, 9.17) is 11.6 Å². The highest BCUT2D eigenvalue weighted by Crippen LogP contribution is 2.29. The van der Waals surface area contributed by atoms with Crippen LogP contribution in [0.3, 0.4) is 0 Å². The summed E-state index contributed by atoms with van der Waals surface area (Å²) in [7, 11) is 0. The monoisotopic (exact) mass is 352 g/mol. The minimum atomic E-state index is -0.786. The number of imidazole rings is 1. The molecule has 0 radical (unpaired) electrons. The molecule has 1 aromatic heterocycles. The summed E-state index contributed by atoms with van der Waals surface area (Å²) >= 11 is 9.27. The van der Waals surface area contributed by atoms with Crippen molar-refractivity contribution in [1.29, 1.82) is 0 Å². The number of aromatic nitrogens is 2. The molecule has 3 aromatic rings. The second-order valence-electron chi connectivity index (χ2n) is 4.46. The van der Waals surface area contributed by atoms with Crippen molar-refractivity contribution >= 4 is 38.6 Å². The van der Waals surface area contributed by atoms with Gasteiger partial charge in [0.1, 0.15) is 6.10 Å². The molecule has 4 nitrogen and oxygen atoms in total. The predicted molar refractivity (Wildman–Crippen MR) is 82.1 cm³/mol. The lowest BCUT2D eigenvalue weighted by Crippen LogP contribution is -2.00. The molecule has 1 heterocycles. The Balaban J connectivity index is 2.04. The Hall–Kier alpha value is -1.56. The molecule has 6 heteroatoms. The summed E-state index contributed by atoms with van der Waals surface area (Å²) in [5, 5.41) is 11.0. The summed E-state index contributed by atoms with van der Waals surface area (Å²) in [5.41, 5.74) is 2.53. The Morgan fingerprint density at radius 2 is 1.70 bits per heavy atom. The first kappa shape index (κ1) is 13.4. The average molecular weight is 354 g/mol. The van der Waals surface area contributed by atoms with Crippen molar-refractivity contribution in [2.75, 3.05) is 0 Å². The van der Waals surface area contributed by atoms with Gasteiger partial charge in [-0.1, -0.05) is 23.7 Å². The van der Waals surface area contributed by atoms with Crippen molar-refractivity contribution < 1.29 is 5.11 Å². The Morgan fingerprint density at radius 1 is 1.05 bits per heavy atom. The molecule has 0 aliphatic heterocycles. The SMILES string of the molecule is O=c1[nH]c2ccc(C(O)c3ccc(Cl)c(Br)c3)cc2[nH]1. The summed E-state index contributed by atoms with van der Waals surface area (Å²) in [6.45, 7) is 0. The number of nitrogens with one attached hydrogen (secondary N) is 2. The van der Waals surface area contributed by atoms with Crippen molar-refractivity contribution in [2.24, 2.45) is 0 Å². The van der Waals surface area contributed by atoms with Gasteiger partial charge in [0.05, 0.1) is 16.1 Å². The first-order valence-electron chi connectivity index (χ1n) is 5.89. The Morgan fingerprint density at radius 3 is 2.45 bits per heavy atom. The number of hydrogen-bond acceptors (Lipinski definition) is 2. The first-order valence-corrected chi connectivity index (χ1v) is 7.06. The number of benzene rings is 2. The molecule has 0 saturated heterocycles. The number of aromatic amines is 2. The van der Waals surface area contributed by atoms with Gasteiger partial charge >= 0.3 is 5.69 Å². The molecule has 0 saturated carbocycles. The smallest absolute Gasteiger partial charge is 0.323 e. The fourth-order valence-corrected chi connectivity index (χ4v) is 2.61. The number of hydrogen-bond donors (Lipinski definition) is 3. The maximum absolute atomic E-state index is 11.2. The van der Waals surface area contributed by atoms with Crippen molar-refractivity contribution in [3.63, 3.8) is 0 Å². The lowest BCUT2D eigenvalue weighted by atomic mass is 10.0. The molecule has 3 N–H and O–H groups in total. The molecule has 102 valence electrons. The molecule has 1 unspecified atom stereocenters. The van der Waals surface area contributed by atoms with Crippen LogP contribution in [0.1, 0.15) is 17.2 Å². The van der Waals surface area contributed by atoms with Gasteiger partial charge in [0.15, 0.2) is 0 Å². The van der Waals surface area contributed by atoms with Crippen LogP contribution in [0, 0.1) is 0 Å². The highest BCUT2D eigenvalue weighted by atomic mass is 79.9. The number of fused-ring (bicyclic) bond motifs is 1. The zero-order valence-corrected chi connectivity index (χ0v) is 12.5. The maximum Gasteiger partial charge on any atom is 0.323 e. The normalized spacial score (nSPS) is 12.8. The molecule has 0 fully saturated rings. The van der Waals surface area contributed by atoms with E-state index in [1.54, 1.807) is 36.4 Å². The van der Waals surface area contributed by atoms with Gasteiger partial charge in [0, 0.05) is 4.47 Å². The first-order chi connectivity index (χ1) is 9.54. The molecule has 0 aliphatic rings. The van der Waals surface area contributed by atoms with E-state index in [0.29, 0.717) is 21.6 Å². The molecule has 2 aromatic carbocycles. The minimum absolute atomic E-state index is 0.263. The van der Waals surface area contributed by atoms with Gasteiger partial charge in [0.2, 0.25) is 0 Å². The van der Waals surface area contributed by atoms with E-state index in [-0.39, 0.29) is 5.69 Å². The summed E-state index contributed by atoms with van der Waals surface area (Å²) in [5.74, 6) is 0. The van der Waals surface area contributed by atoms with Crippen LogP contribution in [0.25, 0.3) is 11.0 Å². The van der Waals surface area contributed by atoms with Crippen molar-refractivity contribution in [3.05, 3.63) is 67.5 Å². The van der Waals surface area contributed by atoms with Crippen LogP contribution in [0.15, 0.2) is 45.7 Å². The number of aliphatic hydroxyl groups excluding tert-OH is 1. The van der Waals surface area contributed by atoms with Crippen molar-refractivity contribution in [2.45, 2.75) is 6.10 Å². The van der Waals surface area contributed by atoms with Gasteiger partial charge in [-0.2, -0.15) is 0 Å².